The highest BCUT2D eigenvalue weighted by atomic mass is 16.7. The van der Waals surface area contributed by atoms with Crippen molar-refractivity contribution in [2.45, 2.75) is 44.6 Å². The molecule has 0 aromatic rings. The molecular weight excluding hydrogens is 164 g/mol. The summed E-state index contributed by atoms with van der Waals surface area (Å²) in [6.45, 7) is 4.51. The van der Waals surface area contributed by atoms with Crippen LogP contribution in [-0.4, -0.2) is 12.7 Å². The molecule has 0 amide bonds. The smallest absolute Gasteiger partial charge is 0.271 e. The molecule has 0 spiro atoms. The molecule has 1 aliphatic heterocycles. The van der Waals surface area contributed by atoms with Gasteiger partial charge in [0.2, 0.25) is 0 Å². The normalized spacial score (nSPS) is 30.8. The Hall–Kier alpha value is -0.660. The SMILES string of the molecule is C=C1OCCC(C2CCCCC2)O1. The molecule has 0 N–H and O–H groups in total. The van der Waals surface area contributed by atoms with Crippen molar-refractivity contribution < 1.29 is 9.47 Å². The summed E-state index contributed by atoms with van der Waals surface area (Å²) in [5.74, 6) is 1.29. The van der Waals surface area contributed by atoms with E-state index in [9.17, 15) is 0 Å². The van der Waals surface area contributed by atoms with Gasteiger partial charge in [0.25, 0.3) is 5.95 Å². The van der Waals surface area contributed by atoms with Crippen LogP contribution in [0.4, 0.5) is 0 Å². The van der Waals surface area contributed by atoms with Crippen LogP contribution in [0, 0.1) is 5.92 Å². The van der Waals surface area contributed by atoms with E-state index in [4.69, 9.17) is 9.47 Å². The van der Waals surface area contributed by atoms with Crippen molar-refractivity contribution in [2.24, 2.45) is 5.92 Å². The fraction of sp³-hybridized carbons (Fsp3) is 0.818. The average molecular weight is 182 g/mol. The molecule has 1 unspecified atom stereocenters. The minimum Gasteiger partial charge on any atom is -0.466 e. The summed E-state index contributed by atoms with van der Waals surface area (Å²) in [4.78, 5) is 0. The minimum absolute atomic E-state index is 0.390. The summed E-state index contributed by atoms with van der Waals surface area (Å²) in [5, 5.41) is 0. The average Bonchev–Trinajstić information content (AvgIpc) is 2.19. The van der Waals surface area contributed by atoms with E-state index in [-0.39, 0.29) is 0 Å². The predicted molar refractivity (Wildman–Crippen MR) is 51.2 cm³/mol. The molecule has 74 valence electrons. The van der Waals surface area contributed by atoms with Crippen molar-refractivity contribution in [1.82, 2.24) is 0 Å². The van der Waals surface area contributed by atoms with Gasteiger partial charge in [-0.1, -0.05) is 19.3 Å². The zero-order chi connectivity index (χ0) is 9.10. The van der Waals surface area contributed by atoms with Crippen LogP contribution < -0.4 is 0 Å². The van der Waals surface area contributed by atoms with Gasteiger partial charge < -0.3 is 9.47 Å². The third-order valence-electron chi connectivity index (χ3n) is 3.12. The summed E-state index contributed by atoms with van der Waals surface area (Å²) in [5.41, 5.74) is 0. The van der Waals surface area contributed by atoms with E-state index in [1.54, 1.807) is 0 Å². The molecule has 2 aliphatic rings. The second-order valence-corrected chi connectivity index (χ2v) is 4.06. The monoisotopic (exact) mass is 182 g/mol. The molecule has 2 nitrogen and oxygen atoms in total. The van der Waals surface area contributed by atoms with Gasteiger partial charge in [0, 0.05) is 6.42 Å². The molecule has 2 rings (SSSR count). The maximum Gasteiger partial charge on any atom is 0.271 e. The molecule has 1 atom stereocenters. The Balaban J connectivity index is 1.87. The van der Waals surface area contributed by atoms with Crippen molar-refractivity contribution >= 4 is 0 Å². The Kier molecular flexibility index (Phi) is 2.77. The van der Waals surface area contributed by atoms with Gasteiger partial charge in [0.05, 0.1) is 6.61 Å². The van der Waals surface area contributed by atoms with Crippen molar-refractivity contribution in [2.75, 3.05) is 6.61 Å². The molecule has 1 saturated heterocycles. The van der Waals surface area contributed by atoms with Crippen molar-refractivity contribution in [1.29, 1.82) is 0 Å². The third kappa shape index (κ3) is 2.17. The van der Waals surface area contributed by atoms with Crippen LogP contribution in [0.2, 0.25) is 0 Å². The fourth-order valence-corrected chi connectivity index (χ4v) is 2.39. The molecule has 0 radical (unpaired) electrons. The maximum atomic E-state index is 5.61. The van der Waals surface area contributed by atoms with Crippen molar-refractivity contribution in [3.05, 3.63) is 12.5 Å². The van der Waals surface area contributed by atoms with Crippen molar-refractivity contribution in [3.8, 4) is 0 Å². The summed E-state index contributed by atoms with van der Waals surface area (Å²) >= 11 is 0. The van der Waals surface area contributed by atoms with E-state index < -0.39 is 0 Å². The number of hydrogen-bond acceptors (Lipinski definition) is 2. The lowest BCUT2D eigenvalue weighted by Gasteiger charge is -2.33. The Labute approximate surface area is 79.9 Å². The molecule has 2 fully saturated rings. The van der Waals surface area contributed by atoms with Crippen LogP contribution in [0.1, 0.15) is 38.5 Å². The van der Waals surface area contributed by atoms with Crippen LogP contribution in [-0.2, 0) is 9.47 Å². The van der Waals surface area contributed by atoms with Crippen LogP contribution in [0.25, 0.3) is 0 Å². The maximum absolute atomic E-state index is 5.61. The largest absolute Gasteiger partial charge is 0.466 e. The second kappa shape index (κ2) is 4.03. The van der Waals surface area contributed by atoms with Crippen molar-refractivity contribution in [3.63, 3.8) is 0 Å². The topological polar surface area (TPSA) is 18.5 Å². The first-order valence-corrected chi connectivity index (χ1v) is 5.34. The summed E-state index contributed by atoms with van der Waals surface area (Å²) in [7, 11) is 0. The zero-order valence-corrected chi connectivity index (χ0v) is 8.13. The first kappa shape index (κ1) is 8.92. The van der Waals surface area contributed by atoms with E-state index in [1.807, 2.05) is 0 Å². The van der Waals surface area contributed by atoms with E-state index >= 15 is 0 Å². The van der Waals surface area contributed by atoms with Crippen LogP contribution in [0.15, 0.2) is 12.5 Å². The van der Waals surface area contributed by atoms with E-state index in [0.717, 1.165) is 18.9 Å². The first-order valence-electron chi connectivity index (χ1n) is 5.34. The zero-order valence-electron chi connectivity index (χ0n) is 8.13. The lowest BCUT2D eigenvalue weighted by atomic mass is 9.84. The number of rotatable bonds is 1. The molecule has 1 heterocycles. The fourth-order valence-electron chi connectivity index (χ4n) is 2.39. The lowest BCUT2D eigenvalue weighted by molar-refractivity contribution is -0.0895. The van der Waals surface area contributed by atoms with Gasteiger partial charge in [0.1, 0.15) is 6.10 Å². The molecular formula is C11H18O2. The van der Waals surface area contributed by atoms with Crippen LogP contribution in [0.5, 0.6) is 0 Å². The number of hydrogen-bond donors (Lipinski definition) is 0. The van der Waals surface area contributed by atoms with E-state index in [2.05, 4.69) is 6.58 Å². The van der Waals surface area contributed by atoms with Gasteiger partial charge in [0.15, 0.2) is 0 Å². The molecule has 0 aromatic carbocycles. The molecule has 1 aliphatic carbocycles. The lowest BCUT2D eigenvalue weighted by Crippen LogP contribution is -2.30. The first-order chi connectivity index (χ1) is 6.36. The van der Waals surface area contributed by atoms with Crippen LogP contribution >= 0.6 is 0 Å². The Morgan fingerprint density at radius 3 is 2.54 bits per heavy atom. The highest BCUT2D eigenvalue weighted by Gasteiger charge is 2.28. The van der Waals surface area contributed by atoms with Gasteiger partial charge in [-0.25, -0.2) is 0 Å². The summed E-state index contributed by atoms with van der Waals surface area (Å²) in [6, 6.07) is 0. The predicted octanol–water partition coefficient (Wildman–Crippen LogP) is 2.84. The van der Waals surface area contributed by atoms with E-state index in [0.29, 0.717) is 12.0 Å². The summed E-state index contributed by atoms with van der Waals surface area (Å²) < 4.78 is 10.8. The standard InChI is InChI=1S/C11H18O2/c1-9-12-8-7-11(13-9)10-5-3-2-4-6-10/h10-11H,1-8H2. The molecule has 2 heteroatoms. The van der Waals surface area contributed by atoms with Gasteiger partial charge in [-0.3, -0.25) is 0 Å². The van der Waals surface area contributed by atoms with Gasteiger partial charge in [-0.15, -0.1) is 0 Å². The minimum atomic E-state index is 0.390. The quantitative estimate of drug-likeness (QED) is 0.620. The van der Waals surface area contributed by atoms with Crippen LogP contribution in [0.3, 0.4) is 0 Å². The van der Waals surface area contributed by atoms with Gasteiger partial charge in [-0.05, 0) is 25.3 Å². The Morgan fingerprint density at radius 1 is 1.08 bits per heavy atom. The van der Waals surface area contributed by atoms with E-state index in [1.165, 1.54) is 32.1 Å². The second-order valence-electron chi connectivity index (χ2n) is 4.06. The Bertz CT molecular complexity index is 183. The highest BCUT2D eigenvalue weighted by molar-refractivity contribution is 4.82. The summed E-state index contributed by atoms with van der Waals surface area (Å²) in [6.07, 6.45) is 8.25. The Morgan fingerprint density at radius 2 is 1.85 bits per heavy atom. The molecule has 1 saturated carbocycles. The molecule has 13 heavy (non-hydrogen) atoms. The molecule has 0 bridgehead atoms. The molecule has 0 aromatic heterocycles. The highest BCUT2D eigenvalue weighted by Crippen LogP contribution is 2.32. The van der Waals surface area contributed by atoms with Gasteiger partial charge >= 0.3 is 0 Å². The third-order valence-corrected chi connectivity index (χ3v) is 3.12. The number of ether oxygens (including phenoxy) is 2. The van der Waals surface area contributed by atoms with Gasteiger partial charge in [-0.2, -0.15) is 0 Å².